The lowest BCUT2D eigenvalue weighted by Crippen LogP contribution is -2.20. The van der Waals surface area contributed by atoms with Gasteiger partial charge in [-0.15, -0.1) is 11.6 Å². The second kappa shape index (κ2) is 7.26. The van der Waals surface area contributed by atoms with Crippen LogP contribution >= 0.6 is 11.6 Å². The molecular weight excluding hydrogens is 314 g/mol. The molecule has 0 spiro atoms. The molecule has 3 aromatic rings. The van der Waals surface area contributed by atoms with Crippen LogP contribution < -0.4 is 5.32 Å². The summed E-state index contributed by atoms with van der Waals surface area (Å²) in [6.45, 7) is 0.404. The fraction of sp³-hybridized carbons (Fsp3) is 0.176. The van der Waals surface area contributed by atoms with Gasteiger partial charge >= 0.3 is 0 Å². The maximum Gasteiger partial charge on any atom is 0.258 e. The maximum atomic E-state index is 9.44. The summed E-state index contributed by atoms with van der Waals surface area (Å²) < 4.78 is 5.32. The van der Waals surface area contributed by atoms with Crippen LogP contribution in [0, 0.1) is 0 Å². The molecule has 0 aliphatic heterocycles. The van der Waals surface area contributed by atoms with E-state index in [1.165, 1.54) is 0 Å². The third-order valence-corrected chi connectivity index (χ3v) is 3.67. The fourth-order valence-corrected chi connectivity index (χ4v) is 2.18. The molecular formula is C17H16ClN3O2. The molecule has 1 unspecified atom stereocenters. The zero-order valence-electron chi connectivity index (χ0n) is 12.3. The number of hydrogen-bond acceptors (Lipinski definition) is 5. The first kappa shape index (κ1) is 15.5. The van der Waals surface area contributed by atoms with Crippen LogP contribution in [0.25, 0.3) is 22.8 Å². The van der Waals surface area contributed by atoms with Gasteiger partial charge in [0, 0.05) is 23.4 Å². The number of aliphatic hydroxyl groups excluding tert-OH is 1. The minimum atomic E-state index is -0.569. The molecule has 0 amide bonds. The molecule has 0 bridgehead atoms. The standard InChI is InChI=1S/C17H16ClN3O2/c18-10-15(22)11-19-14-8-6-13(7-9-14)17-20-16(21-23-17)12-4-2-1-3-5-12/h1-9,15,19,22H,10-11H2. The molecule has 0 aliphatic carbocycles. The quantitative estimate of drug-likeness (QED) is 0.678. The SMILES string of the molecule is OC(CCl)CNc1ccc(-c2nc(-c3ccccc3)no2)cc1. The molecule has 0 fully saturated rings. The molecule has 5 nitrogen and oxygen atoms in total. The minimum absolute atomic E-state index is 0.204. The lowest BCUT2D eigenvalue weighted by atomic mass is 10.2. The molecule has 3 rings (SSSR count). The van der Waals surface area contributed by atoms with Gasteiger partial charge in [0.1, 0.15) is 0 Å². The minimum Gasteiger partial charge on any atom is -0.390 e. The first-order valence-electron chi connectivity index (χ1n) is 7.24. The van der Waals surface area contributed by atoms with E-state index in [4.69, 9.17) is 16.1 Å². The van der Waals surface area contributed by atoms with Gasteiger partial charge in [-0.05, 0) is 24.3 Å². The van der Waals surface area contributed by atoms with Crippen LogP contribution in [0.5, 0.6) is 0 Å². The van der Waals surface area contributed by atoms with Crippen molar-refractivity contribution in [1.29, 1.82) is 0 Å². The monoisotopic (exact) mass is 329 g/mol. The molecule has 0 radical (unpaired) electrons. The number of aromatic nitrogens is 2. The number of nitrogens with zero attached hydrogens (tertiary/aromatic N) is 2. The Morgan fingerprint density at radius 2 is 1.78 bits per heavy atom. The van der Waals surface area contributed by atoms with Crippen molar-refractivity contribution in [3.63, 3.8) is 0 Å². The van der Waals surface area contributed by atoms with E-state index in [2.05, 4.69) is 15.5 Å². The molecule has 2 aromatic carbocycles. The molecule has 2 N–H and O–H groups in total. The van der Waals surface area contributed by atoms with Crippen LogP contribution in [0.15, 0.2) is 59.1 Å². The van der Waals surface area contributed by atoms with E-state index in [0.717, 1.165) is 16.8 Å². The van der Waals surface area contributed by atoms with E-state index in [1.807, 2.05) is 54.6 Å². The Labute approximate surface area is 138 Å². The van der Waals surface area contributed by atoms with Crippen molar-refractivity contribution >= 4 is 17.3 Å². The third kappa shape index (κ3) is 3.88. The van der Waals surface area contributed by atoms with Gasteiger partial charge in [-0.2, -0.15) is 4.98 Å². The van der Waals surface area contributed by atoms with Crippen LogP contribution in [0.4, 0.5) is 5.69 Å². The molecule has 23 heavy (non-hydrogen) atoms. The largest absolute Gasteiger partial charge is 0.390 e. The highest BCUT2D eigenvalue weighted by atomic mass is 35.5. The Morgan fingerprint density at radius 1 is 1.04 bits per heavy atom. The van der Waals surface area contributed by atoms with Gasteiger partial charge in [-0.3, -0.25) is 0 Å². The second-order valence-electron chi connectivity index (χ2n) is 5.06. The Balaban J connectivity index is 1.71. The number of anilines is 1. The number of alkyl halides is 1. The molecule has 0 saturated heterocycles. The van der Waals surface area contributed by atoms with Crippen molar-refractivity contribution in [3.8, 4) is 22.8 Å². The Bertz CT molecular complexity index is 744. The van der Waals surface area contributed by atoms with Crippen LogP contribution in [-0.4, -0.2) is 33.8 Å². The lowest BCUT2D eigenvalue weighted by molar-refractivity contribution is 0.211. The average Bonchev–Trinajstić information content (AvgIpc) is 3.11. The van der Waals surface area contributed by atoms with Gasteiger partial charge < -0.3 is 14.9 Å². The number of halogens is 1. The van der Waals surface area contributed by atoms with Crippen molar-refractivity contribution in [1.82, 2.24) is 10.1 Å². The number of rotatable bonds is 6. The maximum absolute atomic E-state index is 9.44. The van der Waals surface area contributed by atoms with E-state index in [1.54, 1.807) is 0 Å². The number of hydrogen-bond donors (Lipinski definition) is 2. The highest BCUT2D eigenvalue weighted by Crippen LogP contribution is 2.23. The van der Waals surface area contributed by atoms with Crippen molar-refractivity contribution in [2.24, 2.45) is 0 Å². The molecule has 1 atom stereocenters. The smallest absolute Gasteiger partial charge is 0.258 e. The van der Waals surface area contributed by atoms with E-state index < -0.39 is 6.10 Å². The second-order valence-corrected chi connectivity index (χ2v) is 5.36. The Kier molecular flexibility index (Phi) is 4.90. The summed E-state index contributed by atoms with van der Waals surface area (Å²) in [5, 5.41) is 16.5. The summed E-state index contributed by atoms with van der Waals surface area (Å²) in [6, 6.07) is 17.2. The van der Waals surface area contributed by atoms with Gasteiger partial charge in [0.15, 0.2) is 0 Å². The van der Waals surface area contributed by atoms with Crippen molar-refractivity contribution in [2.75, 3.05) is 17.7 Å². The fourth-order valence-electron chi connectivity index (χ4n) is 2.07. The lowest BCUT2D eigenvalue weighted by Gasteiger charge is -2.09. The summed E-state index contributed by atoms with van der Waals surface area (Å²) in [5.74, 6) is 1.24. The average molecular weight is 330 g/mol. The molecule has 6 heteroatoms. The first-order chi connectivity index (χ1) is 11.3. The summed E-state index contributed by atoms with van der Waals surface area (Å²) in [4.78, 5) is 4.41. The normalized spacial score (nSPS) is 12.1. The molecule has 1 heterocycles. The highest BCUT2D eigenvalue weighted by Gasteiger charge is 2.10. The number of benzene rings is 2. The topological polar surface area (TPSA) is 71.2 Å². The van der Waals surface area contributed by atoms with Gasteiger partial charge in [-0.25, -0.2) is 0 Å². The zero-order chi connectivity index (χ0) is 16.1. The van der Waals surface area contributed by atoms with E-state index in [0.29, 0.717) is 18.3 Å². The van der Waals surface area contributed by atoms with Gasteiger partial charge in [0.05, 0.1) is 12.0 Å². The van der Waals surface area contributed by atoms with Crippen molar-refractivity contribution < 1.29 is 9.63 Å². The zero-order valence-corrected chi connectivity index (χ0v) is 13.1. The van der Waals surface area contributed by atoms with Crippen LogP contribution in [0.1, 0.15) is 0 Å². The van der Waals surface area contributed by atoms with Crippen LogP contribution in [0.3, 0.4) is 0 Å². The third-order valence-electron chi connectivity index (χ3n) is 3.31. The molecule has 0 aliphatic rings. The summed E-state index contributed by atoms with van der Waals surface area (Å²) >= 11 is 5.56. The predicted molar refractivity (Wildman–Crippen MR) is 90.4 cm³/mol. The van der Waals surface area contributed by atoms with E-state index in [-0.39, 0.29) is 5.88 Å². The molecule has 0 saturated carbocycles. The Morgan fingerprint density at radius 3 is 2.48 bits per heavy atom. The van der Waals surface area contributed by atoms with Crippen molar-refractivity contribution in [2.45, 2.75) is 6.10 Å². The van der Waals surface area contributed by atoms with E-state index in [9.17, 15) is 5.11 Å². The van der Waals surface area contributed by atoms with Gasteiger partial charge in [-0.1, -0.05) is 35.5 Å². The first-order valence-corrected chi connectivity index (χ1v) is 7.77. The predicted octanol–water partition coefficient (Wildman–Crippen LogP) is 3.42. The summed E-state index contributed by atoms with van der Waals surface area (Å²) in [6.07, 6.45) is -0.569. The summed E-state index contributed by atoms with van der Waals surface area (Å²) in [7, 11) is 0. The molecule has 118 valence electrons. The highest BCUT2D eigenvalue weighted by molar-refractivity contribution is 6.18. The van der Waals surface area contributed by atoms with Crippen molar-refractivity contribution in [3.05, 3.63) is 54.6 Å². The van der Waals surface area contributed by atoms with E-state index >= 15 is 0 Å². The van der Waals surface area contributed by atoms with Gasteiger partial charge in [0.2, 0.25) is 5.82 Å². The molecule has 1 aromatic heterocycles. The van der Waals surface area contributed by atoms with Crippen LogP contribution in [0.2, 0.25) is 0 Å². The van der Waals surface area contributed by atoms with Crippen LogP contribution in [-0.2, 0) is 0 Å². The number of aliphatic hydroxyl groups is 1. The Hall–Kier alpha value is -2.37. The number of nitrogens with one attached hydrogen (secondary N) is 1. The van der Waals surface area contributed by atoms with Gasteiger partial charge in [0.25, 0.3) is 5.89 Å². The summed E-state index contributed by atoms with van der Waals surface area (Å²) in [5.41, 5.74) is 2.64.